The minimum absolute atomic E-state index is 0.00256. The number of nitrogens with zero attached hydrogens (tertiary/aromatic N) is 15. The summed E-state index contributed by atoms with van der Waals surface area (Å²) in [7, 11) is 0. The molecule has 3 aromatic carbocycles. The Morgan fingerprint density at radius 3 is 1.09 bits per heavy atom. The lowest BCUT2D eigenvalue weighted by Gasteiger charge is -2.53. The molecule has 9 aromatic heterocycles. The van der Waals surface area contributed by atoms with Crippen molar-refractivity contribution in [3.63, 3.8) is 0 Å². The molecule has 7 fully saturated rings. The molecule has 4 aliphatic heterocycles. The quantitative estimate of drug-likeness (QED) is 0.0460. The van der Waals surface area contributed by atoms with E-state index in [4.69, 9.17) is 32.2 Å². The minimum atomic E-state index is -0.552. The number of hydrogen-bond donors (Lipinski definition) is 3. The van der Waals surface area contributed by atoms with Crippen molar-refractivity contribution in [2.75, 3.05) is 36.8 Å². The van der Waals surface area contributed by atoms with Crippen LogP contribution in [0.25, 0.3) is 50.3 Å². The van der Waals surface area contributed by atoms with Crippen molar-refractivity contribution in [1.82, 2.24) is 72.8 Å². The number of likely N-dealkylation sites (tertiary alicyclic amines) is 2. The molecule has 12 aromatic rings. The Morgan fingerprint density at radius 1 is 0.423 bits per heavy atom. The number of imidazole rings is 3. The minimum Gasteiger partial charge on any atom is -0.382 e. The highest BCUT2D eigenvalue weighted by atomic mass is 16.2. The van der Waals surface area contributed by atoms with E-state index in [0.717, 1.165) is 115 Å². The molecule has 4 unspecified atom stereocenters. The van der Waals surface area contributed by atoms with Crippen molar-refractivity contribution in [1.29, 1.82) is 0 Å². The summed E-state index contributed by atoms with van der Waals surface area (Å²) in [6.45, 7) is 9.16. The molecule has 3 aliphatic carbocycles. The maximum Gasteiger partial charge on any atom is 0.299 e. The number of amides is 3. The largest absolute Gasteiger partial charge is 0.382 e. The lowest BCUT2D eigenvalue weighted by molar-refractivity contribution is -0.142. The number of Topliss-reactive ketones (excluding diaryl/α,β-unsaturated/α-hetero) is 3. The number of carbonyl (C=O) groups is 6. The van der Waals surface area contributed by atoms with Crippen molar-refractivity contribution >= 4 is 69.1 Å². The van der Waals surface area contributed by atoms with Crippen LogP contribution in [0.1, 0.15) is 144 Å². The van der Waals surface area contributed by atoms with Gasteiger partial charge in [-0.2, -0.15) is 0 Å². The molecule has 19 rings (SSSR count). The molecule has 4 saturated heterocycles. The first-order chi connectivity index (χ1) is 54.0. The Morgan fingerprint density at radius 2 is 0.748 bits per heavy atom. The van der Waals surface area contributed by atoms with Crippen molar-refractivity contribution < 1.29 is 28.8 Å². The zero-order valence-electron chi connectivity index (χ0n) is 61.5. The first kappa shape index (κ1) is 71.9. The van der Waals surface area contributed by atoms with E-state index in [1.54, 1.807) is 51.0 Å². The molecular weight excluding hydrogens is 1390 g/mol. The van der Waals surface area contributed by atoms with Crippen LogP contribution >= 0.6 is 0 Å². The van der Waals surface area contributed by atoms with Gasteiger partial charge in [0.05, 0.1) is 19.3 Å². The highest BCUT2D eigenvalue weighted by Crippen LogP contribution is 2.56. The van der Waals surface area contributed by atoms with Gasteiger partial charge >= 0.3 is 0 Å². The van der Waals surface area contributed by atoms with Crippen LogP contribution in [-0.4, -0.2) is 127 Å². The Balaban J connectivity index is 0.000000126. The van der Waals surface area contributed by atoms with E-state index in [1.165, 1.54) is 6.08 Å². The second kappa shape index (κ2) is 29.7. The number of nitrogens with two attached hydrogens (primary N) is 3. The number of nitrogen functional groups attached to an aromatic ring is 3. The number of anilines is 3. The van der Waals surface area contributed by atoms with Gasteiger partial charge in [0.1, 0.15) is 85.2 Å². The van der Waals surface area contributed by atoms with E-state index in [-0.39, 0.29) is 54.3 Å². The van der Waals surface area contributed by atoms with Gasteiger partial charge in [-0.15, -0.1) is 0 Å². The molecule has 13 heterocycles. The summed E-state index contributed by atoms with van der Waals surface area (Å²) in [6.07, 6.45) is 27.0. The molecular formula is C87H80N18O6. The predicted octanol–water partition coefficient (Wildman–Crippen LogP) is 11.5. The number of benzene rings is 3. The van der Waals surface area contributed by atoms with Gasteiger partial charge in [-0.05, 0) is 150 Å². The number of fused-ring (bicyclic) bond motifs is 10. The third kappa shape index (κ3) is 13.1. The number of carbonyl (C=O) groups excluding carboxylic acids is 6. The Kier molecular flexibility index (Phi) is 19.2. The normalized spacial score (nSPS) is 20.3. The van der Waals surface area contributed by atoms with E-state index in [9.17, 15) is 28.8 Å². The second-order valence-corrected chi connectivity index (χ2v) is 29.4. The Labute approximate surface area is 640 Å². The monoisotopic (exact) mass is 1470 g/mol. The van der Waals surface area contributed by atoms with E-state index >= 15 is 0 Å². The molecule has 6 bridgehead atoms. The van der Waals surface area contributed by atoms with Gasteiger partial charge in [-0.3, -0.25) is 56.9 Å². The number of piperidine rings is 4. The maximum atomic E-state index is 13.1. The van der Waals surface area contributed by atoms with Crippen LogP contribution in [0.15, 0.2) is 196 Å². The average molecular weight is 1470 g/mol. The Hall–Kier alpha value is -13.4. The first-order valence-corrected chi connectivity index (χ1v) is 37.4. The topological polar surface area (TPSA) is 319 Å². The van der Waals surface area contributed by atoms with Crippen molar-refractivity contribution in [3.8, 4) is 57.5 Å². The molecule has 7 aliphatic rings. The third-order valence-corrected chi connectivity index (χ3v) is 23.0. The van der Waals surface area contributed by atoms with Crippen LogP contribution in [0.3, 0.4) is 0 Å². The molecule has 0 spiro atoms. The lowest BCUT2D eigenvalue weighted by Crippen LogP contribution is -2.58. The van der Waals surface area contributed by atoms with Crippen LogP contribution in [0.2, 0.25) is 0 Å². The maximum absolute atomic E-state index is 13.1. The summed E-state index contributed by atoms with van der Waals surface area (Å²) in [4.78, 5) is 124. The fourth-order valence-electron chi connectivity index (χ4n) is 17.8. The molecule has 3 saturated carbocycles. The first-order valence-electron chi connectivity index (χ1n) is 37.4. The molecule has 6 N–H and O–H groups in total. The van der Waals surface area contributed by atoms with Gasteiger partial charge in [0.15, 0.2) is 17.3 Å². The summed E-state index contributed by atoms with van der Waals surface area (Å²) in [5.74, 6) is 15.4. The van der Waals surface area contributed by atoms with Crippen molar-refractivity contribution in [3.05, 3.63) is 247 Å². The highest BCUT2D eigenvalue weighted by Gasteiger charge is 2.58. The molecule has 24 heteroatoms. The number of rotatable bonds is 16. The number of pyridine rings is 3. The van der Waals surface area contributed by atoms with Crippen LogP contribution in [0.5, 0.6) is 0 Å². The van der Waals surface area contributed by atoms with Crippen LogP contribution in [-0.2, 0) is 50.3 Å². The van der Waals surface area contributed by atoms with Crippen LogP contribution in [0, 0.1) is 41.4 Å². The van der Waals surface area contributed by atoms with Crippen molar-refractivity contribution in [2.45, 2.75) is 114 Å². The van der Waals surface area contributed by atoms with Gasteiger partial charge < -0.3 is 31.9 Å². The van der Waals surface area contributed by atoms with Gasteiger partial charge in [-0.1, -0.05) is 109 Å². The van der Waals surface area contributed by atoms with Crippen LogP contribution < -0.4 is 17.2 Å². The summed E-state index contributed by atoms with van der Waals surface area (Å²) in [5.41, 5.74) is 28.2. The summed E-state index contributed by atoms with van der Waals surface area (Å²) < 4.78 is 5.95. The zero-order valence-corrected chi connectivity index (χ0v) is 61.5. The van der Waals surface area contributed by atoms with E-state index < -0.39 is 16.6 Å². The molecule has 4 atom stereocenters. The average Bonchev–Trinajstić information content (AvgIpc) is 1.58. The fraction of sp³-hybridized carbons (Fsp3) is 0.276. The molecule has 554 valence electrons. The third-order valence-electron chi connectivity index (χ3n) is 23.0. The Bertz CT molecular complexity index is 5790. The fourth-order valence-corrected chi connectivity index (χ4v) is 17.8. The van der Waals surface area contributed by atoms with Gasteiger partial charge in [-0.25, -0.2) is 29.9 Å². The van der Waals surface area contributed by atoms with E-state index in [2.05, 4.69) is 60.2 Å². The predicted molar refractivity (Wildman–Crippen MR) is 419 cm³/mol. The van der Waals surface area contributed by atoms with E-state index in [1.807, 2.05) is 174 Å². The molecule has 0 radical (unpaired) electrons. The molecule has 24 nitrogen and oxygen atoms in total. The number of aromatic nitrogens is 12. The smallest absolute Gasteiger partial charge is 0.299 e. The SMILES string of the molecule is C=CC(=O)N1CC2CCC1(c1nc(-c3ccc(C(=O)Cc4ccccn4)cc3)c3c(N)nccn13)C2.CC#CC(=O)N1CC2CCC1(c1nc(-c3ccc(C(=O)Cc4ccccn4)cc3)c3c(N)nccn13)C2.CC#CC(=O)N1CC2CCC1(c1nc(-c3ccc(C(=O)Cc4ccccn4)cc3)c3c(N)nccn13)CC2. The number of ketones is 3. The van der Waals surface area contributed by atoms with E-state index in [0.29, 0.717) is 105 Å². The van der Waals surface area contributed by atoms with Crippen LogP contribution in [0.4, 0.5) is 17.5 Å². The van der Waals surface area contributed by atoms with Gasteiger partial charge in [0.25, 0.3) is 11.8 Å². The van der Waals surface area contributed by atoms with Crippen molar-refractivity contribution in [2.24, 2.45) is 17.8 Å². The summed E-state index contributed by atoms with van der Waals surface area (Å²) in [6, 6.07) is 38.9. The van der Waals surface area contributed by atoms with Gasteiger partial charge in [0, 0.05) is 126 Å². The highest BCUT2D eigenvalue weighted by molar-refractivity contribution is 6.01. The number of hydrogen-bond acceptors (Lipinski definition) is 18. The van der Waals surface area contributed by atoms with Gasteiger partial charge in [0.2, 0.25) is 5.91 Å². The molecule has 3 amide bonds. The molecule has 111 heavy (non-hydrogen) atoms. The second-order valence-electron chi connectivity index (χ2n) is 29.4. The zero-order chi connectivity index (χ0) is 76.7. The summed E-state index contributed by atoms with van der Waals surface area (Å²) >= 11 is 0. The standard InChI is InChI=1S/C30H28N6O2.C29H26N6O2.C28H26N6O2/c1-2-5-25(38)36-19-20-11-13-30(36,14-12-20)29-34-26(27-28(31)33-16-17-35(27)29)22-9-7-21(8-10-22)24(37)18-23-6-3-4-15-32-23;1-2-5-24(37)35-18-19-11-12-29(35,17-19)28-33-25(26-27(30)32-14-15-34(26)28)21-9-7-20(8-10-21)23(36)16-22-6-3-4-13-31-22;1-2-23(36)34-17-18-10-11-28(34,16-18)27-32-24(25-26(29)31-13-14-33(25)27)20-8-6-19(7-9-20)22(35)15-21-5-3-4-12-30-21/h3-4,6-10,15-17,20H,11-14,18-19H2,1H3,(H2,31,33);3-4,6-10,13-15,19H,11-12,16-18H2,1H3,(H2,30,32);2-9,12-14,18H,1,10-11,15-17H2,(H2,29,31). The lowest BCUT2D eigenvalue weighted by atomic mass is 9.69. The summed E-state index contributed by atoms with van der Waals surface area (Å²) in [5, 5.41) is 0.